The summed E-state index contributed by atoms with van der Waals surface area (Å²) in [5.74, 6) is -0.983. The zero-order valence-corrected chi connectivity index (χ0v) is 19.4. The van der Waals surface area contributed by atoms with E-state index in [0.717, 1.165) is 22.2 Å². The van der Waals surface area contributed by atoms with Gasteiger partial charge in [-0.25, -0.2) is 4.79 Å². The number of halogens is 3. The van der Waals surface area contributed by atoms with E-state index in [0.29, 0.717) is 16.3 Å². The van der Waals surface area contributed by atoms with E-state index < -0.39 is 23.2 Å². The molecule has 0 radical (unpaired) electrons. The molecule has 1 saturated heterocycles. The Hall–Kier alpha value is -2.19. The van der Waals surface area contributed by atoms with E-state index in [1.807, 2.05) is 12.1 Å². The highest BCUT2D eigenvalue weighted by atomic mass is 35.5. The fraction of sp³-hybridized carbons (Fsp3) is 0.190. The number of carbonyl (C=O) groups is 3. The van der Waals surface area contributed by atoms with Crippen LogP contribution in [0.4, 0.5) is 4.79 Å². The van der Waals surface area contributed by atoms with Gasteiger partial charge in [0, 0.05) is 5.02 Å². The van der Waals surface area contributed by atoms with E-state index in [1.54, 1.807) is 24.3 Å². The number of hydrogen-bond donors (Lipinski definition) is 0. The molecule has 0 N–H and O–H groups in total. The highest BCUT2D eigenvalue weighted by Gasteiger charge is 2.41. The second kappa shape index (κ2) is 9.96. The number of benzene rings is 2. The number of carbonyl (C=O) groups excluding carboxylic acids is 3. The summed E-state index contributed by atoms with van der Waals surface area (Å²) in [7, 11) is 1.19. The summed E-state index contributed by atoms with van der Waals surface area (Å²) in [6, 6.07) is 9.26. The zero-order valence-electron chi connectivity index (χ0n) is 16.4. The molecule has 0 spiro atoms. The summed E-state index contributed by atoms with van der Waals surface area (Å²) in [5, 5.41) is 0.550. The Kier molecular flexibility index (Phi) is 7.54. The molecule has 10 heteroatoms. The van der Waals surface area contributed by atoms with Crippen LogP contribution in [0.5, 0.6) is 5.75 Å². The summed E-state index contributed by atoms with van der Waals surface area (Å²) in [4.78, 5) is 37.5. The Morgan fingerprint density at radius 2 is 1.74 bits per heavy atom. The van der Waals surface area contributed by atoms with Gasteiger partial charge < -0.3 is 9.47 Å². The largest absolute Gasteiger partial charge is 0.486 e. The second-order valence-electron chi connectivity index (χ2n) is 6.48. The predicted molar refractivity (Wildman–Crippen MR) is 122 cm³/mol. The van der Waals surface area contributed by atoms with Crippen molar-refractivity contribution in [2.45, 2.75) is 19.6 Å². The van der Waals surface area contributed by atoms with Gasteiger partial charge in [0.05, 0.1) is 22.1 Å². The van der Waals surface area contributed by atoms with Crippen LogP contribution < -0.4 is 4.74 Å². The van der Waals surface area contributed by atoms with Crippen LogP contribution in [0.1, 0.15) is 18.1 Å². The molecule has 6 nitrogen and oxygen atoms in total. The first-order chi connectivity index (χ1) is 14.7. The molecule has 1 fully saturated rings. The minimum absolute atomic E-state index is 0.141. The number of hydrogen-bond acceptors (Lipinski definition) is 6. The Labute approximate surface area is 198 Å². The number of ether oxygens (including phenoxy) is 2. The van der Waals surface area contributed by atoms with Gasteiger partial charge in [-0.15, -0.1) is 0 Å². The molecule has 0 saturated carbocycles. The molecule has 0 bridgehead atoms. The first kappa shape index (κ1) is 23.5. The number of nitrogens with zero attached hydrogens (tertiary/aromatic N) is 1. The maximum atomic E-state index is 12.6. The van der Waals surface area contributed by atoms with Crippen molar-refractivity contribution in [2.75, 3.05) is 7.11 Å². The molecular formula is C21H16Cl3NO5S. The topological polar surface area (TPSA) is 72.9 Å². The summed E-state index contributed by atoms with van der Waals surface area (Å²) in [6.07, 6.45) is 1.48. The van der Waals surface area contributed by atoms with Gasteiger partial charge in [0.25, 0.3) is 11.1 Å². The van der Waals surface area contributed by atoms with Gasteiger partial charge in [-0.3, -0.25) is 14.5 Å². The fourth-order valence-electron chi connectivity index (χ4n) is 2.78. The SMILES string of the molecule is COC(=O)[C@@H](C)N1C(=O)S/C(=C/c2cc(Cl)c(OCc3ccc(Cl)cc3)c(Cl)c2)C1=O. The lowest BCUT2D eigenvalue weighted by Crippen LogP contribution is -2.42. The average Bonchev–Trinajstić information content (AvgIpc) is 3.00. The number of rotatable bonds is 6. The number of esters is 1. The van der Waals surface area contributed by atoms with Crippen molar-refractivity contribution in [3.05, 3.63) is 67.5 Å². The van der Waals surface area contributed by atoms with Gasteiger partial charge in [0.2, 0.25) is 0 Å². The molecule has 0 aliphatic carbocycles. The first-order valence-corrected chi connectivity index (χ1v) is 10.9. The maximum Gasteiger partial charge on any atom is 0.328 e. The first-order valence-electron chi connectivity index (χ1n) is 8.92. The van der Waals surface area contributed by atoms with Crippen molar-refractivity contribution in [1.82, 2.24) is 4.90 Å². The summed E-state index contributed by atoms with van der Waals surface area (Å²) >= 11 is 19.2. The van der Waals surface area contributed by atoms with Gasteiger partial charge >= 0.3 is 5.97 Å². The van der Waals surface area contributed by atoms with Gasteiger partial charge in [-0.2, -0.15) is 0 Å². The lowest BCUT2D eigenvalue weighted by Gasteiger charge is -2.18. The molecule has 162 valence electrons. The molecule has 2 amide bonds. The fourth-order valence-corrected chi connectivity index (χ4v) is 4.43. The molecule has 0 aromatic heterocycles. The van der Waals surface area contributed by atoms with Gasteiger partial charge in [-0.05, 0) is 60.2 Å². The van der Waals surface area contributed by atoms with Crippen molar-refractivity contribution >= 4 is 69.8 Å². The summed E-state index contributed by atoms with van der Waals surface area (Å²) < 4.78 is 10.3. The maximum absolute atomic E-state index is 12.6. The van der Waals surface area contributed by atoms with Crippen LogP contribution in [0, 0.1) is 0 Å². The molecule has 3 rings (SSSR count). The van der Waals surface area contributed by atoms with E-state index in [2.05, 4.69) is 4.74 Å². The van der Waals surface area contributed by atoms with E-state index in [9.17, 15) is 14.4 Å². The van der Waals surface area contributed by atoms with Gasteiger partial charge in [-0.1, -0.05) is 46.9 Å². The van der Waals surface area contributed by atoms with Crippen molar-refractivity contribution < 1.29 is 23.9 Å². The third-order valence-electron chi connectivity index (χ3n) is 4.37. The van der Waals surface area contributed by atoms with Crippen LogP contribution in [0.3, 0.4) is 0 Å². The van der Waals surface area contributed by atoms with Crippen molar-refractivity contribution in [2.24, 2.45) is 0 Å². The third kappa shape index (κ3) is 5.36. The lowest BCUT2D eigenvalue weighted by molar-refractivity contribution is -0.148. The van der Waals surface area contributed by atoms with E-state index in [1.165, 1.54) is 20.1 Å². The van der Waals surface area contributed by atoms with E-state index >= 15 is 0 Å². The third-order valence-corrected chi connectivity index (χ3v) is 6.07. The molecule has 1 aliphatic heterocycles. The Morgan fingerprint density at radius 1 is 1.13 bits per heavy atom. The molecule has 31 heavy (non-hydrogen) atoms. The standard InChI is InChI=1S/C21H16Cl3NO5S/c1-11(20(27)29-2)25-19(26)17(31-21(25)28)9-13-7-15(23)18(16(24)8-13)30-10-12-3-5-14(22)6-4-12/h3-9,11H,10H2,1-2H3/b17-9+/t11-/m1/s1. The van der Waals surface area contributed by atoms with Crippen LogP contribution in [0.15, 0.2) is 41.3 Å². The number of imide groups is 1. The molecule has 2 aromatic carbocycles. The van der Waals surface area contributed by atoms with Crippen molar-refractivity contribution in [1.29, 1.82) is 0 Å². The Balaban J connectivity index is 1.78. The Bertz CT molecular complexity index is 1050. The summed E-state index contributed by atoms with van der Waals surface area (Å²) in [5.41, 5.74) is 1.39. The number of amides is 2. The van der Waals surface area contributed by atoms with Crippen molar-refractivity contribution in [3.8, 4) is 5.75 Å². The lowest BCUT2D eigenvalue weighted by atomic mass is 10.2. The minimum atomic E-state index is -1.03. The average molecular weight is 501 g/mol. The minimum Gasteiger partial charge on any atom is -0.486 e. The molecule has 0 unspecified atom stereocenters. The highest BCUT2D eigenvalue weighted by Crippen LogP contribution is 2.38. The van der Waals surface area contributed by atoms with Crippen molar-refractivity contribution in [3.63, 3.8) is 0 Å². The quantitative estimate of drug-likeness (QED) is 0.367. The molecule has 1 heterocycles. The normalized spacial score (nSPS) is 16.0. The monoisotopic (exact) mass is 499 g/mol. The van der Waals surface area contributed by atoms with Crippen LogP contribution in [0.25, 0.3) is 6.08 Å². The van der Waals surface area contributed by atoms with E-state index in [4.69, 9.17) is 39.5 Å². The molecule has 2 aromatic rings. The molecule has 1 aliphatic rings. The van der Waals surface area contributed by atoms with Crippen LogP contribution >= 0.6 is 46.6 Å². The van der Waals surface area contributed by atoms with Crippen LogP contribution in [-0.4, -0.2) is 35.2 Å². The summed E-state index contributed by atoms with van der Waals surface area (Å²) in [6.45, 7) is 1.66. The van der Waals surface area contributed by atoms with Gasteiger partial charge in [0.15, 0.2) is 5.75 Å². The Morgan fingerprint density at radius 3 is 2.32 bits per heavy atom. The van der Waals surface area contributed by atoms with Crippen LogP contribution in [-0.2, 0) is 20.9 Å². The number of methoxy groups -OCH3 is 1. The number of thioether (sulfide) groups is 1. The second-order valence-corrected chi connectivity index (χ2v) is 8.72. The van der Waals surface area contributed by atoms with E-state index in [-0.39, 0.29) is 21.6 Å². The predicted octanol–water partition coefficient (Wildman–Crippen LogP) is 5.82. The smallest absolute Gasteiger partial charge is 0.328 e. The zero-order chi connectivity index (χ0) is 22.7. The molecular weight excluding hydrogens is 485 g/mol. The highest BCUT2D eigenvalue weighted by molar-refractivity contribution is 8.18. The molecule has 1 atom stereocenters. The van der Waals surface area contributed by atoms with Gasteiger partial charge in [0.1, 0.15) is 12.6 Å². The van der Waals surface area contributed by atoms with Crippen LogP contribution in [0.2, 0.25) is 15.1 Å².